The topological polar surface area (TPSA) is 88.9 Å². The molecule has 0 atom stereocenters. The van der Waals surface area contributed by atoms with Crippen LogP contribution in [0.3, 0.4) is 0 Å². The number of H-pyrrole nitrogens is 1. The second kappa shape index (κ2) is 9.84. The van der Waals surface area contributed by atoms with Gasteiger partial charge in [-0.3, -0.25) is 9.69 Å². The van der Waals surface area contributed by atoms with Crippen molar-refractivity contribution in [2.24, 2.45) is 0 Å². The smallest absolute Gasteiger partial charge is 0.252 e. The van der Waals surface area contributed by atoms with Gasteiger partial charge in [0.25, 0.3) is 5.56 Å². The Morgan fingerprint density at radius 1 is 1.15 bits per heavy atom. The van der Waals surface area contributed by atoms with Crippen molar-refractivity contribution in [3.63, 3.8) is 0 Å². The van der Waals surface area contributed by atoms with Crippen molar-refractivity contribution >= 4 is 22.2 Å². The molecular weight excluding hydrogens is 436 g/mol. The first-order valence-electron chi connectivity index (χ1n) is 11.4. The molecule has 33 heavy (non-hydrogen) atoms. The molecule has 4 aromatic rings. The number of hydrogen-bond acceptors (Lipinski definition) is 7. The van der Waals surface area contributed by atoms with Gasteiger partial charge >= 0.3 is 0 Å². The van der Waals surface area contributed by atoms with E-state index in [1.807, 2.05) is 28.9 Å². The molecule has 8 nitrogen and oxygen atoms in total. The van der Waals surface area contributed by atoms with Gasteiger partial charge in [0.1, 0.15) is 5.75 Å². The highest BCUT2D eigenvalue weighted by molar-refractivity contribution is 7.09. The summed E-state index contributed by atoms with van der Waals surface area (Å²) < 4.78 is 7.30. The lowest BCUT2D eigenvalue weighted by Crippen LogP contribution is -2.28. The van der Waals surface area contributed by atoms with Crippen LogP contribution >= 0.6 is 11.3 Å². The van der Waals surface area contributed by atoms with Crippen molar-refractivity contribution in [3.05, 3.63) is 68.4 Å². The summed E-state index contributed by atoms with van der Waals surface area (Å²) >= 11 is 1.72. The average molecular weight is 465 g/mol. The van der Waals surface area contributed by atoms with Gasteiger partial charge in [-0.15, -0.1) is 16.4 Å². The highest BCUT2D eigenvalue weighted by Gasteiger charge is 2.22. The van der Waals surface area contributed by atoms with E-state index >= 15 is 0 Å². The quantitative estimate of drug-likeness (QED) is 0.418. The van der Waals surface area contributed by atoms with Crippen molar-refractivity contribution in [1.82, 2.24) is 30.1 Å². The van der Waals surface area contributed by atoms with E-state index in [0.29, 0.717) is 19.1 Å². The van der Waals surface area contributed by atoms with Crippen molar-refractivity contribution < 1.29 is 4.74 Å². The van der Waals surface area contributed by atoms with Crippen molar-refractivity contribution in [2.75, 3.05) is 7.11 Å². The van der Waals surface area contributed by atoms with Gasteiger partial charge < -0.3 is 9.72 Å². The van der Waals surface area contributed by atoms with Gasteiger partial charge in [-0.1, -0.05) is 25.3 Å². The highest BCUT2D eigenvalue weighted by Crippen LogP contribution is 2.28. The molecule has 172 valence electrons. The minimum absolute atomic E-state index is 0.0844. The van der Waals surface area contributed by atoms with Crippen molar-refractivity contribution in [1.29, 1.82) is 0 Å². The van der Waals surface area contributed by atoms with Crippen LogP contribution in [0.15, 0.2) is 46.6 Å². The molecule has 0 spiro atoms. The van der Waals surface area contributed by atoms with E-state index in [-0.39, 0.29) is 5.56 Å². The number of thiophene rings is 1. The van der Waals surface area contributed by atoms with E-state index < -0.39 is 0 Å². The predicted octanol–water partition coefficient (Wildman–Crippen LogP) is 4.29. The summed E-state index contributed by atoms with van der Waals surface area (Å²) in [6.45, 7) is 1.82. The molecule has 1 fully saturated rings. The van der Waals surface area contributed by atoms with Gasteiger partial charge in [0.15, 0.2) is 5.82 Å². The molecule has 0 unspecified atom stereocenters. The maximum atomic E-state index is 12.9. The fraction of sp³-hybridized carbons (Fsp3) is 0.417. The first kappa shape index (κ1) is 21.8. The second-order valence-electron chi connectivity index (χ2n) is 8.63. The molecule has 1 aromatic carbocycles. The SMILES string of the molecule is COc1ccc2cc(CN(Cc3cccs3)Cc3nnnn3C3CCCCC3)c(=O)[nH]c2c1. The number of rotatable bonds is 8. The number of aromatic nitrogens is 5. The van der Waals surface area contributed by atoms with E-state index in [2.05, 4.69) is 42.9 Å². The number of nitrogens with zero attached hydrogens (tertiary/aromatic N) is 5. The maximum absolute atomic E-state index is 12.9. The molecule has 0 aliphatic heterocycles. The van der Waals surface area contributed by atoms with Crippen LogP contribution in [0.2, 0.25) is 0 Å². The Hall–Kier alpha value is -3.04. The molecule has 1 saturated carbocycles. The molecule has 0 bridgehead atoms. The number of tetrazole rings is 1. The Bertz CT molecular complexity index is 1260. The Labute approximate surface area is 196 Å². The van der Waals surface area contributed by atoms with Crippen LogP contribution in [0.25, 0.3) is 10.9 Å². The summed E-state index contributed by atoms with van der Waals surface area (Å²) in [5.41, 5.74) is 1.41. The van der Waals surface area contributed by atoms with Crippen LogP contribution in [0, 0.1) is 0 Å². The first-order valence-corrected chi connectivity index (χ1v) is 12.3. The minimum Gasteiger partial charge on any atom is -0.497 e. The minimum atomic E-state index is -0.0844. The van der Waals surface area contributed by atoms with E-state index in [1.165, 1.54) is 24.1 Å². The highest BCUT2D eigenvalue weighted by atomic mass is 32.1. The maximum Gasteiger partial charge on any atom is 0.252 e. The summed E-state index contributed by atoms with van der Waals surface area (Å²) in [5, 5.41) is 15.7. The summed E-state index contributed by atoms with van der Waals surface area (Å²) in [7, 11) is 1.62. The van der Waals surface area contributed by atoms with E-state index in [0.717, 1.165) is 47.4 Å². The molecule has 1 N–H and O–H groups in total. The molecule has 0 amide bonds. The van der Waals surface area contributed by atoms with Crippen molar-refractivity contribution in [3.8, 4) is 5.75 Å². The number of methoxy groups -OCH3 is 1. The lowest BCUT2D eigenvalue weighted by Gasteiger charge is -2.25. The lowest BCUT2D eigenvalue weighted by molar-refractivity contribution is 0.227. The molecule has 3 aromatic heterocycles. The Morgan fingerprint density at radius 2 is 2.03 bits per heavy atom. The number of ether oxygens (including phenoxy) is 1. The summed E-state index contributed by atoms with van der Waals surface area (Å²) in [6.07, 6.45) is 5.98. The van der Waals surface area contributed by atoms with Crippen molar-refractivity contribution in [2.45, 2.75) is 57.8 Å². The first-order chi connectivity index (χ1) is 16.2. The van der Waals surface area contributed by atoms with Crippen LogP contribution in [-0.2, 0) is 19.6 Å². The zero-order chi connectivity index (χ0) is 22.6. The van der Waals surface area contributed by atoms with Gasteiger partial charge in [-0.25, -0.2) is 4.68 Å². The predicted molar refractivity (Wildman–Crippen MR) is 128 cm³/mol. The van der Waals surface area contributed by atoms with Gasteiger partial charge in [-0.05, 0) is 58.3 Å². The zero-order valence-corrected chi connectivity index (χ0v) is 19.6. The Morgan fingerprint density at radius 3 is 2.82 bits per heavy atom. The summed E-state index contributed by atoms with van der Waals surface area (Å²) in [6, 6.07) is 12.2. The van der Waals surface area contributed by atoms with E-state index in [9.17, 15) is 4.79 Å². The monoisotopic (exact) mass is 464 g/mol. The fourth-order valence-electron chi connectivity index (χ4n) is 4.63. The lowest BCUT2D eigenvalue weighted by atomic mass is 9.95. The van der Waals surface area contributed by atoms with Gasteiger partial charge in [0.2, 0.25) is 0 Å². The third kappa shape index (κ3) is 4.99. The van der Waals surface area contributed by atoms with E-state index in [4.69, 9.17) is 4.74 Å². The summed E-state index contributed by atoms with van der Waals surface area (Å²) in [5.74, 6) is 1.58. The average Bonchev–Trinajstić information content (AvgIpc) is 3.52. The molecule has 3 heterocycles. The third-order valence-corrected chi connectivity index (χ3v) is 7.19. The molecule has 1 aliphatic rings. The Balaban J connectivity index is 1.42. The number of hydrogen-bond donors (Lipinski definition) is 1. The van der Waals surface area contributed by atoms with Gasteiger partial charge in [0.05, 0.1) is 25.2 Å². The molecule has 1 aliphatic carbocycles. The van der Waals surface area contributed by atoms with Gasteiger partial charge in [-0.2, -0.15) is 0 Å². The summed E-state index contributed by atoms with van der Waals surface area (Å²) in [4.78, 5) is 19.4. The molecule has 9 heteroatoms. The molecule has 0 radical (unpaired) electrons. The number of nitrogens with one attached hydrogen (secondary N) is 1. The van der Waals surface area contributed by atoms with Crippen LogP contribution in [0.1, 0.15) is 54.4 Å². The number of pyridine rings is 1. The number of benzene rings is 1. The van der Waals surface area contributed by atoms with Crippen LogP contribution in [-0.4, -0.2) is 37.2 Å². The van der Waals surface area contributed by atoms with E-state index in [1.54, 1.807) is 18.4 Å². The molecule has 0 saturated heterocycles. The fourth-order valence-corrected chi connectivity index (χ4v) is 5.37. The molecular formula is C24H28N6O2S. The molecule has 5 rings (SSSR count). The zero-order valence-electron chi connectivity index (χ0n) is 18.7. The number of aromatic amines is 1. The third-order valence-electron chi connectivity index (χ3n) is 6.33. The van der Waals surface area contributed by atoms with Crippen LogP contribution < -0.4 is 10.3 Å². The second-order valence-corrected chi connectivity index (χ2v) is 9.67. The Kier molecular flexibility index (Phi) is 6.50. The van der Waals surface area contributed by atoms with Crippen LogP contribution in [0.4, 0.5) is 0 Å². The standard InChI is InChI=1S/C24H28N6O2S/c1-32-20-10-9-17-12-18(24(31)25-22(17)13-20)14-29(15-21-8-5-11-33-21)16-23-26-27-28-30(23)19-6-3-2-4-7-19/h5,8-13,19H,2-4,6-7,14-16H2,1H3,(H,25,31). The number of fused-ring (bicyclic) bond motifs is 1. The van der Waals surface area contributed by atoms with Gasteiger partial charge in [0, 0.05) is 29.6 Å². The normalized spacial score (nSPS) is 14.8. The largest absolute Gasteiger partial charge is 0.497 e. The van der Waals surface area contributed by atoms with Crippen LogP contribution in [0.5, 0.6) is 5.75 Å².